The Balaban J connectivity index is 2.82. The number of aromatic hydroxyl groups is 1. The summed E-state index contributed by atoms with van der Waals surface area (Å²) < 4.78 is 13.0. The van der Waals surface area contributed by atoms with Crippen LogP contribution in [0.3, 0.4) is 0 Å². The fraction of sp³-hybridized carbons (Fsp3) is 0.600. The molecule has 0 heterocycles. The first kappa shape index (κ1) is 15.0. The van der Waals surface area contributed by atoms with E-state index in [9.17, 15) is 9.50 Å². The summed E-state index contributed by atoms with van der Waals surface area (Å²) in [5.41, 5.74) is 0.773. The van der Waals surface area contributed by atoms with Crippen LogP contribution < -0.4 is 0 Å². The molecule has 1 rings (SSSR count). The zero-order valence-electron chi connectivity index (χ0n) is 11.9. The lowest BCUT2D eigenvalue weighted by Crippen LogP contribution is -2.32. The van der Waals surface area contributed by atoms with Gasteiger partial charge in [0.15, 0.2) is 0 Å². The van der Waals surface area contributed by atoms with Gasteiger partial charge >= 0.3 is 0 Å². The van der Waals surface area contributed by atoms with Crippen molar-refractivity contribution in [3.8, 4) is 5.75 Å². The molecule has 18 heavy (non-hydrogen) atoms. The zero-order chi connectivity index (χ0) is 13.9. The third-order valence-corrected chi connectivity index (χ3v) is 3.56. The largest absolute Gasteiger partial charge is 0.508 e. The quantitative estimate of drug-likeness (QED) is 0.858. The van der Waals surface area contributed by atoms with Gasteiger partial charge in [0, 0.05) is 23.7 Å². The van der Waals surface area contributed by atoms with Crippen molar-refractivity contribution in [3.05, 3.63) is 29.6 Å². The van der Waals surface area contributed by atoms with Crippen LogP contribution in [0.5, 0.6) is 5.75 Å². The second-order valence-electron chi connectivity index (χ2n) is 5.52. The highest BCUT2D eigenvalue weighted by atomic mass is 19.1. The van der Waals surface area contributed by atoms with Gasteiger partial charge in [0.1, 0.15) is 11.6 Å². The Hall–Kier alpha value is -1.09. The molecule has 1 aromatic rings. The maximum atomic E-state index is 13.0. The third-order valence-electron chi connectivity index (χ3n) is 3.56. The Bertz CT molecular complexity index is 392. The Morgan fingerprint density at radius 2 is 1.83 bits per heavy atom. The minimum Gasteiger partial charge on any atom is -0.508 e. The molecule has 2 atom stereocenters. The van der Waals surface area contributed by atoms with Crippen molar-refractivity contribution in [1.82, 2.24) is 4.90 Å². The van der Waals surface area contributed by atoms with Crippen LogP contribution in [0, 0.1) is 11.7 Å². The number of phenols is 1. The normalized spacial score (nSPS) is 15.1. The van der Waals surface area contributed by atoms with Crippen molar-refractivity contribution in [2.45, 2.75) is 46.2 Å². The number of rotatable bonds is 5. The van der Waals surface area contributed by atoms with Gasteiger partial charge in [0.2, 0.25) is 0 Å². The smallest absolute Gasteiger partial charge is 0.126 e. The van der Waals surface area contributed by atoms with E-state index in [0.29, 0.717) is 12.0 Å². The molecule has 2 unspecified atom stereocenters. The van der Waals surface area contributed by atoms with Crippen LogP contribution in [0.25, 0.3) is 0 Å². The predicted molar refractivity (Wildman–Crippen MR) is 73.2 cm³/mol. The molecule has 1 aromatic carbocycles. The molecular weight excluding hydrogens is 229 g/mol. The number of hydrogen-bond donors (Lipinski definition) is 1. The molecule has 0 radical (unpaired) electrons. The van der Waals surface area contributed by atoms with Crippen molar-refractivity contribution in [2.24, 2.45) is 5.92 Å². The van der Waals surface area contributed by atoms with Crippen LogP contribution in [0.1, 0.15) is 45.7 Å². The summed E-state index contributed by atoms with van der Waals surface area (Å²) in [7, 11) is 2.04. The Morgan fingerprint density at radius 3 is 2.33 bits per heavy atom. The minimum absolute atomic E-state index is 0.0334. The van der Waals surface area contributed by atoms with E-state index < -0.39 is 5.82 Å². The molecule has 0 aliphatic rings. The molecule has 0 spiro atoms. The first-order chi connectivity index (χ1) is 8.32. The molecule has 0 saturated carbocycles. The van der Waals surface area contributed by atoms with Gasteiger partial charge in [-0.05, 0) is 39.3 Å². The molecule has 0 saturated heterocycles. The molecule has 3 heteroatoms. The number of benzene rings is 1. The monoisotopic (exact) mass is 253 g/mol. The van der Waals surface area contributed by atoms with Crippen LogP contribution in [0.15, 0.2) is 18.2 Å². The highest BCUT2D eigenvalue weighted by Gasteiger charge is 2.20. The summed E-state index contributed by atoms with van der Waals surface area (Å²) in [6.45, 7) is 8.61. The van der Waals surface area contributed by atoms with Gasteiger partial charge in [0.25, 0.3) is 0 Å². The SMILES string of the molecule is CC(C)CC(C)N(C)C(C)c1ccc(F)cc1O. The summed E-state index contributed by atoms with van der Waals surface area (Å²) in [6.07, 6.45) is 1.10. The van der Waals surface area contributed by atoms with Gasteiger partial charge in [-0.15, -0.1) is 0 Å². The first-order valence-corrected chi connectivity index (χ1v) is 6.53. The van der Waals surface area contributed by atoms with E-state index in [2.05, 4.69) is 25.7 Å². The zero-order valence-corrected chi connectivity index (χ0v) is 11.9. The maximum Gasteiger partial charge on any atom is 0.126 e. The summed E-state index contributed by atoms with van der Waals surface area (Å²) in [4.78, 5) is 2.22. The lowest BCUT2D eigenvalue weighted by atomic mass is 10.00. The molecular formula is C15H24FNO. The third kappa shape index (κ3) is 3.70. The van der Waals surface area contributed by atoms with Crippen molar-refractivity contribution in [1.29, 1.82) is 0 Å². The number of hydrogen-bond acceptors (Lipinski definition) is 2. The Morgan fingerprint density at radius 1 is 1.22 bits per heavy atom. The number of halogens is 1. The second kappa shape index (κ2) is 6.19. The molecule has 0 fully saturated rings. The average molecular weight is 253 g/mol. The Labute approximate surface area is 109 Å². The van der Waals surface area contributed by atoms with Gasteiger partial charge in [-0.1, -0.05) is 19.9 Å². The summed E-state index contributed by atoms with van der Waals surface area (Å²) in [6, 6.07) is 4.72. The summed E-state index contributed by atoms with van der Waals surface area (Å²) in [5.74, 6) is 0.267. The number of phenolic OH excluding ortho intramolecular Hbond substituents is 1. The van der Waals surface area contributed by atoms with Gasteiger partial charge in [-0.3, -0.25) is 4.90 Å². The van der Waals surface area contributed by atoms with E-state index in [0.717, 1.165) is 12.0 Å². The van der Waals surface area contributed by atoms with Gasteiger partial charge < -0.3 is 5.11 Å². The van der Waals surface area contributed by atoms with Crippen molar-refractivity contribution in [3.63, 3.8) is 0 Å². The second-order valence-corrected chi connectivity index (χ2v) is 5.52. The maximum absolute atomic E-state index is 13.0. The molecule has 0 amide bonds. The number of nitrogens with zero attached hydrogens (tertiary/aromatic N) is 1. The van der Waals surface area contributed by atoms with E-state index >= 15 is 0 Å². The molecule has 0 aliphatic heterocycles. The van der Waals surface area contributed by atoms with E-state index in [-0.39, 0.29) is 11.8 Å². The van der Waals surface area contributed by atoms with Crippen molar-refractivity contribution in [2.75, 3.05) is 7.05 Å². The lowest BCUT2D eigenvalue weighted by Gasteiger charge is -2.32. The van der Waals surface area contributed by atoms with Crippen LogP contribution in [0.4, 0.5) is 4.39 Å². The molecule has 0 aliphatic carbocycles. The average Bonchev–Trinajstić information content (AvgIpc) is 2.26. The van der Waals surface area contributed by atoms with E-state index in [4.69, 9.17) is 0 Å². The van der Waals surface area contributed by atoms with Crippen LogP contribution in [-0.4, -0.2) is 23.1 Å². The van der Waals surface area contributed by atoms with Crippen molar-refractivity contribution >= 4 is 0 Å². The summed E-state index contributed by atoms with van der Waals surface area (Å²) in [5, 5.41) is 9.81. The molecule has 1 N–H and O–H groups in total. The van der Waals surface area contributed by atoms with E-state index in [1.807, 2.05) is 14.0 Å². The first-order valence-electron chi connectivity index (χ1n) is 6.53. The summed E-state index contributed by atoms with van der Waals surface area (Å²) >= 11 is 0. The van der Waals surface area contributed by atoms with E-state index in [1.54, 1.807) is 6.07 Å². The molecule has 2 nitrogen and oxygen atoms in total. The minimum atomic E-state index is -0.402. The van der Waals surface area contributed by atoms with Crippen LogP contribution >= 0.6 is 0 Å². The fourth-order valence-corrected chi connectivity index (χ4v) is 2.32. The molecule has 102 valence electrons. The van der Waals surface area contributed by atoms with Gasteiger partial charge in [0.05, 0.1) is 0 Å². The highest BCUT2D eigenvalue weighted by molar-refractivity contribution is 5.34. The highest BCUT2D eigenvalue weighted by Crippen LogP contribution is 2.30. The van der Waals surface area contributed by atoms with Gasteiger partial charge in [-0.25, -0.2) is 4.39 Å². The standard InChI is InChI=1S/C15H24FNO/c1-10(2)8-11(3)17(5)12(4)14-7-6-13(16)9-15(14)18/h6-7,9-12,18H,8H2,1-5H3. The predicted octanol–water partition coefficient (Wildman–Crippen LogP) is 3.96. The fourth-order valence-electron chi connectivity index (χ4n) is 2.32. The topological polar surface area (TPSA) is 23.5 Å². The van der Waals surface area contributed by atoms with Gasteiger partial charge in [-0.2, -0.15) is 0 Å². The molecule has 0 aromatic heterocycles. The lowest BCUT2D eigenvalue weighted by molar-refractivity contribution is 0.173. The van der Waals surface area contributed by atoms with Crippen molar-refractivity contribution < 1.29 is 9.50 Å². The molecule has 0 bridgehead atoms. The van der Waals surface area contributed by atoms with Crippen LogP contribution in [0.2, 0.25) is 0 Å². The van der Waals surface area contributed by atoms with Crippen LogP contribution in [-0.2, 0) is 0 Å². The Kier molecular flexibility index (Phi) is 5.15. The van der Waals surface area contributed by atoms with E-state index in [1.165, 1.54) is 12.1 Å².